The van der Waals surface area contributed by atoms with Crippen molar-refractivity contribution in [2.75, 3.05) is 24.5 Å². The summed E-state index contributed by atoms with van der Waals surface area (Å²) in [6, 6.07) is 3.74. The molecule has 1 amide bonds. The van der Waals surface area contributed by atoms with Gasteiger partial charge in [-0.05, 0) is 44.7 Å². The van der Waals surface area contributed by atoms with Crippen LogP contribution in [0, 0.1) is 23.7 Å². The fourth-order valence-corrected chi connectivity index (χ4v) is 3.98. The number of halogens is 3. The van der Waals surface area contributed by atoms with E-state index < -0.39 is 17.8 Å². The molecule has 1 unspecified atom stereocenters. The molecule has 0 aliphatic carbocycles. The van der Waals surface area contributed by atoms with E-state index in [9.17, 15) is 23.2 Å². The van der Waals surface area contributed by atoms with Crippen LogP contribution in [0.4, 0.5) is 19.0 Å². The van der Waals surface area contributed by atoms with Gasteiger partial charge in [0.2, 0.25) is 5.91 Å². The average molecular weight is 419 g/mol. The number of anilines is 1. The number of hydrogen-bond acceptors (Lipinski definition) is 5. The zero-order chi connectivity index (χ0) is 21.9. The lowest BCUT2D eigenvalue weighted by Gasteiger charge is -2.41. The SMILES string of the molecule is C#CC1CC[C@@H](C#N)N1C(=O)CNC1(C)CCN(c2ccc(C(F)(F)F)cn2)CC1. The van der Waals surface area contributed by atoms with Crippen LogP contribution in [0.1, 0.15) is 38.2 Å². The molecular formula is C21H24F3N5O. The van der Waals surface area contributed by atoms with Crippen LogP contribution < -0.4 is 10.2 Å². The van der Waals surface area contributed by atoms with Crippen LogP contribution in [0.5, 0.6) is 0 Å². The number of carbonyl (C=O) groups is 1. The molecule has 2 aliphatic rings. The molecule has 9 heteroatoms. The Hall–Kier alpha value is -2.78. The summed E-state index contributed by atoms with van der Waals surface area (Å²) in [5.41, 5.74) is -1.07. The fourth-order valence-electron chi connectivity index (χ4n) is 3.98. The van der Waals surface area contributed by atoms with Gasteiger partial charge in [0.15, 0.2) is 0 Å². The van der Waals surface area contributed by atoms with Crippen LogP contribution in [0.25, 0.3) is 0 Å². The van der Waals surface area contributed by atoms with Crippen molar-refractivity contribution in [1.82, 2.24) is 15.2 Å². The molecule has 30 heavy (non-hydrogen) atoms. The van der Waals surface area contributed by atoms with Gasteiger partial charge in [0, 0.05) is 24.8 Å². The number of nitrogens with zero attached hydrogens (tertiary/aromatic N) is 4. The summed E-state index contributed by atoms with van der Waals surface area (Å²) in [5, 5.41) is 12.6. The third kappa shape index (κ3) is 4.68. The molecular weight excluding hydrogens is 395 g/mol. The predicted octanol–water partition coefficient (Wildman–Crippen LogP) is 2.57. The Bertz CT molecular complexity index is 825. The van der Waals surface area contributed by atoms with Crippen LogP contribution in [0.2, 0.25) is 0 Å². The second kappa shape index (κ2) is 8.53. The summed E-state index contributed by atoms with van der Waals surface area (Å²) in [7, 11) is 0. The number of amides is 1. The van der Waals surface area contributed by atoms with Crippen LogP contribution in [-0.4, -0.2) is 53.0 Å². The molecule has 2 atom stereocenters. The van der Waals surface area contributed by atoms with E-state index in [0.29, 0.717) is 44.6 Å². The number of rotatable bonds is 4. The van der Waals surface area contributed by atoms with Crippen molar-refractivity contribution in [3.8, 4) is 18.4 Å². The standard InChI is InChI=1S/C21H24F3N5O/c1-3-16-5-6-17(12-25)29(16)19(30)14-27-20(2)8-10-28(11-9-20)18-7-4-15(13-26-18)21(22,23)24/h1,4,7,13,16-17,27H,5-6,8-11,14H2,2H3/t16?,17-/m0/s1. The second-order valence-corrected chi connectivity index (χ2v) is 8.01. The number of alkyl halides is 3. The molecule has 1 N–H and O–H groups in total. The van der Waals surface area contributed by atoms with Crippen LogP contribution >= 0.6 is 0 Å². The molecule has 2 fully saturated rings. The molecule has 0 saturated carbocycles. The number of pyridine rings is 1. The van der Waals surface area contributed by atoms with E-state index >= 15 is 0 Å². The van der Waals surface area contributed by atoms with Gasteiger partial charge in [-0.2, -0.15) is 18.4 Å². The average Bonchev–Trinajstić information content (AvgIpc) is 3.15. The Labute approximate surface area is 174 Å². The Balaban J connectivity index is 1.54. The van der Waals surface area contributed by atoms with Crippen molar-refractivity contribution >= 4 is 11.7 Å². The number of carbonyl (C=O) groups excluding carboxylic acids is 1. The number of aromatic nitrogens is 1. The molecule has 160 valence electrons. The molecule has 3 heterocycles. The summed E-state index contributed by atoms with van der Waals surface area (Å²) in [5.74, 6) is 2.91. The smallest absolute Gasteiger partial charge is 0.356 e. The van der Waals surface area contributed by atoms with Crippen molar-refractivity contribution in [1.29, 1.82) is 5.26 Å². The summed E-state index contributed by atoms with van der Waals surface area (Å²) in [4.78, 5) is 20.1. The molecule has 0 radical (unpaired) electrons. The van der Waals surface area contributed by atoms with Gasteiger partial charge in [0.05, 0.1) is 24.2 Å². The lowest BCUT2D eigenvalue weighted by Crippen LogP contribution is -2.55. The number of likely N-dealkylation sites (tertiary alicyclic amines) is 1. The molecule has 2 aliphatic heterocycles. The van der Waals surface area contributed by atoms with Crippen molar-refractivity contribution in [2.45, 2.75) is 56.4 Å². The van der Waals surface area contributed by atoms with E-state index in [2.05, 4.69) is 22.3 Å². The zero-order valence-corrected chi connectivity index (χ0v) is 16.7. The lowest BCUT2D eigenvalue weighted by atomic mass is 9.89. The maximum Gasteiger partial charge on any atom is 0.417 e. The maximum absolute atomic E-state index is 12.7. The monoisotopic (exact) mass is 419 g/mol. The Morgan fingerprint density at radius 1 is 1.33 bits per heavy atom. The molecule has 1 aromatic rings. The third-order valence-electron chi connectivity index (χ3n) is 5.95. The van der Waals surface area contributed by atoms with E-state index in [1.807, 2.05) is 11.8 Å². The highest BCUT2D eigenvalue weighted by molar-refractivity contribution is 5.80. The largest absolute Gasteiger partial charge is 0.417 e. The molecule has 0 spiro atoms. The third-order valence-corrected chi connectivity index (χ3v) is 5.95. The fraction of sp³-hybridized carbons (Fsp3) is 0.571. The Morgan fingerprint density at radius 3 is 2.53 bits per heavy atom. The normalized spacial score (nSPS) is 23.7. The van der Waals surface area contributed by atoms with Gasteiger partial charge in [-0.15, -0.1) is 6.42 Å². The zero-order valence-electron chi connectivity index (χ0n) is 16.7. The molecule has 2 saturated heterocycles. The van der Waals surface area contributed by atoms with E-state index in [1.165, 1.54) is 11.0 Å². The first kappa shape index (κ1) is 21.9. The lowest BCUT2D eigenvalue weighted by molar-refractivity contribution is -0.137. The summed E-state index contributed by atoms with van der Waals surface area (Å²) in [6.45, 7) is 3.31. The quantitative estimate of drug-likeness (QED) is 0.760. The first-order valence-electron chi connectivity index (χ1n) is 9.87. The van der Waals surface area contributed by atoms with Crippen LogP contribution in [0.3, 0.4) is 0 Å². The highest BCUT2D eigenvalue weighted by atomic mass is 19.4. The second-order valence-electron chi connectivity index (χ2n) is 8.01. The van der Waals surface area contributed by atoms with Crippen molar-refractivity contribution in [3.05, 3.63) is 23.9 Å². The van der Waals surface area contributed by atoms with E-state index in [-0.39, 0.29) is 24.0 Å². The highest BCUT2D eigenvalue weighted by Crippen LogP contribution is 2.31. The maximum atomic E-state index is 12.7. The minimum absolute atomic E-state index is 0.0887. The minimum atomic E-state index is -4.40. The summed E-state index contributed by atoms with van der Waals surface area (Å²) >= 11 is 0. The molecule has 1 aromatic heterocycles. The van der Waals surface area contributed by atoms with Crippen molar-refractivity contribution < 1.29 is 18.0 Å². The van der Waals surface area contributed by atoms with Gasteiger partial charge in [0.25, 0.3) is 0 Å². The Kier molecular flexibility index (Phi) is 6.23. The van der Waals surface area contributed by atoms with E-state index in [1.54, 1.807) is 0 Å². The van der Waals surface area contributed by atoms with Gasteiger partial charge in [-0.3, -0.25) is 4.79 Å². The van der Waals surface area contributed by atoms with Crippen molar-refractivity contribution in [3.63, 3.8) is 0 Å². The number of piperidine rings is 1. The minimum Gasteiger partial charge on any atom is -0.356 e. The molecule has 0 aromatic carbocycles. The summed E-state index contributed by atoms with van der Waals surface area (Å²) in [6.07, 6.45) is 4.56. The van der Waals surface area contributed by atoms with Gasteiger partial charge in [0.1, 0.15) is 11.9 Å². The van der Waals surface area contributed by atoms with Gasteiger partial charge in [-0.25, -0.2) is 4.98 Å². The number of hydrogen-bond donors (Lipinski definition) is 1. The van der Waals surface area contributed by atoms with Gasteiger partial charge >= 0.3 is 6.18 Å². The number of nitrogens with one attached hydrogen (secondary N) is 1. The van der Waals surface area contributed by atoms with Crippen molar-refractivity contribution in [2.24, 2.45) is 0 Å². The molecule has 0 bridgehead atoms. The number of nitriles is 1. The topological polar surface area (TPSA) is 72.3 Å². The van der Waals surface area contributed by atoms with E-state index in [0.717, 1.165) is 12.3 Å². The first-order valence-corrected chi connectivity index (χ1v) is 9.87. The predicted molar refractivity (Wildman–Crippen MR) is 105 cm³/mol. The molecule has 6 nitrogen and oxygen atoms in total. The van der Waals surface area contributed by atoms with Crippen LogP contribution in [-0.2, 0) is 11.0 Å². The highest BCUT2D eigenvalue weighted by Gasteiger charge is 2.37. The van der Waals surface area contributed by atoms with E-state index in [4.69, 9.17) is 6.42 Å². The first-order chi connectivity index (χ1) is 14.2. The van der Waals surface area contributed by atoms with Crippen LogP contribution in [0.15, 0.2) is 18.3 Å². The van der Waals surface area contributed by atoms with Gasteiger partial charge < -0.3 is 15.1 Å². The number of terminal acetylenes is 1. The Morgan fingerprint density at radius 2 is 2.00 bits per heavy atom. The molecule has 3 rings (SSSR count). The van der Waals surface area contributed by atoms with Gasteiger partial charge in [-0.1, -0.05) is 5.92 Å². The summed E-state index contributed by atoms with van der Waals surface area (Å²) < 4.78 is 38.1.